The lowest BCUT2D eigenvalue weighted by Gasteiger charge is -2.32. The summed E-state index contributed by atoms with van der Waals surface area (Å²) in [4.78, 5) is 17.5. The molecule has 18 heavy (non-hydrogen) atoms. The average molecular weight is 246 g/mol. The minimum Gasteiger partial charge on any atom is -0.478 e. The molecule has 1 saturated heterocycles. The molecule has 96 valence electrons. The zero-order valence-electron chi connectivity index (χ0n) is 10.4. The van der Waals surface area contributed by atoms with Crippen LogP contribution < -0.4 is 4.90 Å². The monoisotopic (exact) mass is 246 g/mol. The maximum absolute atomic E-state index is 10.8. The molecular formula is C14H18N2O2. The second-order valence-electron chi connectivity index (χ2n) is 5.30. The molecule has 4 nitrogen and oxygen atoms in total. The molecule has 1 N–H and O–H groups in total. The van der Waals surface area contributed by atoms with Gasteiger partial charge in [-0.25, -0.2) is 9.78 Å². The molecule has 2 atom stereocenters. The van der Waals surface area contributed by atoms with Crippen molar-refractivity contribution in [2.75, 3.05) is 11.4 Å². The van der Waals surface area contributed by atoms with E-state index in [0.717, 1.165) is 18.3 Å². The van der Waals surface area contributed by atoms with Gasteiger partial charge in [-0.1, -0.05) is 12.8 Å². The first kappa shape index (κ1) is 11.5. The Hall–Kier alpha value is -1.58. The molecular weight excluding hydrogens is 228 g/mol. The van der Waals surface area contributed by atoms with Crippen LogP contribution in [0.3, 0.4) is 0 Å². The summed E-state index contributed by atoms with van der Waals surface area (Å²) >= 11 is 0. The van der Waals surface area contributed by atoms with Crippen molar-refractivity contribution in [3.8, 4) is 0 Å². The number of rotatable bonds is 2. The third kappa shape index (κ3) is 1.96. The summed E-state index contributed by atoms with van der Waals surface area (Å²) in [7, 11) is 0. The second kappa shape index (κ2) is 4.59. The number of anilines is 1. The van der Waals surface area contributed by atoms with Gasteiger partial charge in [-0.2, -0.15) is 0 Å². The molecule has 2 heterocycles. The van der Waals surface area contributed by atoms with E-state index in [1.165, 1.54) is 38.3 Å². The van der Waals surface area contributed by atoms with Crippen LogP contribution in [0.15, 0.2) is 18.3 Å². The molecule has 1 aliphatic carbocycles. The van der Waals surface area contributed by atoms with Gasteiger partial charge in [-0.15, -0.1) is 0 Å². The van der Waals surface area contributed by atoms with E-state index in [1.54, 1.807) is 6.07 Å². The van der Waals surface area contributed by atoms with Gasteiger partial charge in [0.05, 0.1) is 5.56 Å². The van der Waals surface area contributed by atoms with Crippen LogP contribution in [0.4, 0.5) is 5.82 Å². The number of nitrogens with zero attached hydrogens (tertiary/aromatic N) is 2. The Labute approximate surface area is 107 Å². The molecule has 0 radical (unpaired) electrons. The molecule has 2 fully saturated rings. The maximum Gasteiger partial charge on any atom is 0.337 e. The Balaban J connectivity index is 1.80. The summed E-state index contributed by atoms with van der Waals surface area (Å²) in [6.07, 6.45) is 7.99. The van der Waals surface area contributed by atoms with Crippen LogP contribution in [0.1, 0.15) is 42.5 Å². The predicted octanol–water partition coefficient (Wildman–Crippen LogP) is 2.55. The Morgan fingerprint density at radius 1 is 1.28 bits per heavy atom. The van der Waals surface area contributed by atoms with Crippen molar-refractivity contribution in [1.82, 2.24) is 4.98 Å². The third-order valence-corrected chi connectivity index (χ3v) is 4.30. The van der Waals surface area contributed by atoms with Gasteiger partial charge in [0.15, 0.2) is 0 Å². The van der Waals surface area contributed by atoms with Crippen molar-refractivity contribution in [2.24, 2.45) is 5.92 Å². The highest BCUT2D eigenvalue weighted by Crippen LogP contribution is 2.38. The number of carboxylic acids is 1. The van der Waals surface area contributed by atoms with E-state index in [2.05, 4.69) is 9.88 Å². The van der Waals surface area contributed by atoms with Crippen molar-refractivity contribution in [2.45, 2.75) is 38.1 Å². The minimum atomic E-state index is -0.911. The fraction of sp³-hybridized carbons (Fsp3) is 0.571. The zero-order valence-corrected chi connectivity index (χ0v) is 10.4. The van der Waals surface area contributed by atoms with E-state index in [9.17, 15) is 4.79 Å². The topological polar surface area (TPSA) is 53.4 Å². The van der Waals surface area contributed by atoms with Crippen LogP contribution in [0, 0.1) is 5.92 Å². The lowest BCUT2D eigenvalue weighted by Crippen LogP contribution is -2.35. The molecule has 0 amide bonds. The highest BCUT2D eigenvalue weighted by molar-refractivity contribution is 5.87. The van der Waals surface area contributed by atoms with Crippen LogP contribution in [0.25, 0.3) is 0 Å². The summed E-state index contributed by atoms with van der Waals surface area (Å²) in [6, 6.07) is 4.13. The van der Waals surface area contributed by atoms with E-state index in [1.807, 2.05) is 6.07 Å². The summed E-state index contributed by atoms with van der Waals surface area (Å²) in [5.74, 6) is 0.847. The predicted molar refractivity (Wildman–Crippen MR) is 68.9 cm³/mol. The molecule has 2 unspecified atom stereocenters. The SMILES string of the molecule is O=C(O)c1ccc(N2CCC3CCCCC32)nc1. The Morgan fingerprint density at radius 2 is 2.11 bits per heavy atom. The zero-order chi connectivity index (χ0) is 12.5. The van der Waals surface area contributed by atoms with Gasteiger partial charge in [0, 0.05) is 18.8 Å². The normalized spacial score (nSPS) is 27.0. The lowest BCUT2D eigenvalue weighted by molar-refractivity contribution is 0.0696. The van der Waals surface area contributed by atoms with Gasteiger partial charge in [0.2, 0.25) is 0 Å². The van der Waals surface area contributed by atoms with Crippen molar-refractivity contribution >= 4 is 11.8 Å². The number of aromatic carboxylic acids is 1. The van der Waals surface area contributed by atoms with Crippen molar-refractivity contribution in [3.05, 3.63) is 23.9 Å². The van der Waals surface area contributed by atoms with Crippen molar-refractivity contribution < 1.29 is 9.90 Å². The summed E-state index contributed by atoms with van der Waals surface area (Å²) in [6.45, 7) is 1.06. The molecule has 3 rings (SSSR count). The summed E-state index contributed by atoms with van der Waals surface area (Å²) in [5, 5.41) is 8.87. The average Bonchev–Trinajstić information content (AvgIpc) is 2.82. The van der Waals surface area contributed by atoms with E-state index in [-0.39, 0.29) is 5.56 Å². The van der Waals surface area contributed by atoms with Gasteiger partial charge in [0.1, 0.15) is 5.82 Å². The van der Waals surface area contributed by atoms with Crippen LogP contribution >= 0.6 is 0 Å². The number of pyridine rings is 1. The first-order valence-corrected chi connectivity index (χ1v) is 6.72. The Kier molecular flexibility index (Phi) is 2.94. The lowest BCUT2D eigenvalue weighted by atomic mass is 9.85. The molecule has 1 aliphatic heterocycles. The Morgan fingerprint density at radius 3 is 2.83 bits per heavy atom. The second-order valence-corrected chi connectivity index (χ2v) is 5.30. The van der Waals surface area contributed by atoms with Gasteiger partial charge >= 0.3 is 5.97 Å². The fourth-order valence-corrected chi connectivity index (χ4v) is 3.37. The Bertz CT molecular complexity index is 444. The third-order valence-electron chi connectivity index (χ3n) is 4.30. The molecule has 4 heteroatoms. The summed E-state index contributed by atoms with van der Waals surface area (Å²) in [5.41, 5.74) is 0.262. The van der Waals surface area contributed by atoms with Gasteiger partial charge in [-0.3, -0.25) is 0 Å². The number of fused-ring (bicyclic) bond motifs is 1. The van der Waals surface area contributed by atoms with Crippen molar-refractivity contribution in [1.29, 1.82) is 0 Å². The molecule has 0 spiro atoms. The quantitative estimate of drug-likeness (QED) is 0.871. The van der Waals surface area contributed by atoms with Crippen LogP contribution in [0.2, 0.25) is 0 Å². The van der Waals surface area contributed by atoms with E-state index in [4.69, 9.17) is 5.11 Å². The number of hydrogen-bond donors (Lipinski definition) is 1. The highest BCUT2D eigenvalue weighted by Gasteiger charge is 2.36. The number of carboxylic acid groups (broad SMARTS) is 1. The molecule has 2 aliphatic rings. The number of aromatic nitrogens is 1. The van der Waals surface area contributed by atoms with Crippen LogP contribution in [0.5, 0.6) is 0 Å². The minimum absolute atomic E-state index is 0.262. The highest BCUT2D eigenvalue weighted by atomic mass is 16.4. The van der Waals surface area contributed by atoms with Crippen LogP contribution in [-0.2, 0) is 0 Å². The summed E-state index contributed by atoms with van der Waals surface area (Å²) < 4.78 is 0. The standard InChI is InChI=1S/C14H18N2O2/c17-14(18)11-5-6-13(15-9-11)16-8-7-10-3-1-2-4-12(10)16/h5-6,9-10,12H,1-4,7-8H2,(H,17,18). The maximum atomic E-state index is 10.8. The van der Waals surface area contributed by atoms with Crippen LogP contribution in [-0.4, -0.2) is 28.6 Å². The number of carbonyl (C=O) groups is 1. The number of hydrogen-bond acceptors (Lipinski definition) is 3. The first-order chi connectivity index (χ1) is 8.75. The largest absolute Gasteiger partial charge is 0.478 e. The van der Waals surface area contributed by atoms with Gasteiger partial charge in [-0.05, 0) is 37.3 Å². The van der Waals surface area contributed by atoms with Gasteiger partial charge in [0.25, 0.3) is 0 Å². The van der Waals surface area contributed by atoms with E-state index >= 15 is 0 Å². The molecule has 1 aromatic rings. The fourth-order valence-electron chi connectivity index (χ4n) is 3.37. The van der Waals surface area contributed by atoms with E-state index < -0.39 is 5.97 Å². The molecule has 1 aromatic heterocycles. The van der Waals surface area contributed by atoms with Crippen molar-refractivity contribution in [3.63, 3.8) is 0 Å². The molecule has 0 bridgehead atoms. The van der Waals surface area contributed by atoms with E-state index in [0.29, 0.717) is 6.04 Å². The first-order valence-electron chi connectivity index (χ1n) is 6.72. The smallest absolute Gasteiger partial charge is 0.337 e. The molecule has 0 aromatic carbocycles. The molecule has 1 saturated carbocycles. The van der Waals surface area contributed by atoms with Gasteiger partial charge < -0.3 is 10.0 Å².